The number of hydrogen-bond donors (Lipinski definition) is 2. The lowest BCUT2D eigenvalue weighted by Gasteiger charge is -2.37. The van der Waals surface area contributed by atoms with E-state index in [0.29, 0.717) is 42.8 Å². The van der Waals surface area contributed by atoms with Gasteiger partial charge in [0.2, 0.25) is 5.37 Å². The van der Waals surface area contributed by atoms with Crippen LogP contribution < -0.4 is 9.22 Å². The first-order valence-corrected chi connectivity index (χ1v) is 20.5. The molecule has 1 saturated heterocycles. The van der Waals surface area contributed by atoms with Crippen LogP contribution in [0.1, 0.15) is 107 Å². The topological polar surface area (TPSA) is 161 Å². The van der Waals surface area contributed by atoms with Gasteiger partial charge in [-0.05, 0) is 92.6 Å². The molecule has 2 atom stereocenters. The molecule has 51 heavy (non-hydrogen) atoms. The molecule has 5 rings (SSSR count). The molecule has 1 aliphatic carbocycles. The van der Waals surface area contributed by atoms with Crippen molar-refractivity contribution in [3.8, 4) is 5.75 Å². The van der Waals surface area contributed by atoms with E-state index in [0.717, 1.165) is 33.5 Å². The summed E-state index contributed by atoms with van der Waals surface area (Å²) in [5.74, 6) is -0.745. The van der Waals surface area contributed by atoms with Gasteiger partial charge in [0.25, 0.3) is 10.1 Å². The Morgan fingerprint density at radius 2 is 1.69 bits per heavy atom. The fraction of sp³-hybridized carbons (Fsp3) is 0.474. The molecule has 3 aliphatic rings. The smallest absolute Gasteiger partial charge is 0.338 e. The minimum absolute atomic E-state index is 0.0775. The molecule has 276 valence electrons. The van der Waals surface area contributed by atoms with Crippen LogP contribution in [0.5, 0.6) is 5.75 Å². The van der Waals surface area contributed by atoms with Crippen molar-refractivity contribution < 1.29 is 45.0 Å². The monoisotopic (exact) mass is 742 g/mol. The Morgan fingerprint density at radius 3 is 2.33 bits per heavy atom. The molecule has 0 radical (unpaired) electrons. The van der Waals surface area contributed by atoms with Gasteiger partial charge in [-0.25, -0.2) is 9.28 Å². The van der Waals surface area contributed by atoms with E-state index in [2.05, 4.69) is 13.8 Å². The Hall–Kier alpha value is -3.62. The molecule has 0 aromatic heterocycles. The van der Waals surface area contributed by atoms with Gasteiger partial charge in [-0.2, -0.15) is 16.8 Å². The summed E-state index contributed by atoms with van der Waals surface area (Å²) in [4.78, 5) is 24.9. The van der Waals surface area contributed by atoms with Crippen LogP contribution in [-0.4, -0.2) is 62.2 Å². The predicted octanol–water partition coefficient (Wildman–Crippen LogP) is 7.03. The molecule has 2 unspecified atom stereocenters. The molecule has 2 aromatic carbocycles. The number of fused-ring (bicyclic) bond motifs is 3. The summed E-state index contributed by atoms with van der Waals surface area (Å²) in [6.45, 7) is 12.2. The third-order valence-corrected chi connectivity index (χ3v) is 12.7. The van der Waals surface area contributed by atoms with Crippen LogP contribution >= 0.6 is 0 Å². The number of unbranched alkanes of at least 4 members (excludes halogenated alkanes) is 1. The van der Waals surface area contributed by atoms with Crippen molar-refractivity contribution in [3.05, 3.63) is 88.2 Å². The Kier molecular flexibility index (Phi) is 10.7. The molecule has 1 fully saturated rings. The molecular weight excluding hydrogens is 695 g/mol. The molecular formula is C38H48NO10S2+. The highest BCUT2D eigenvalue weighted by Gasteiger charge is 2.62. The zero-order valence-electron chi connectivity index (χ0n) is 30.1. The molecule has 2 heterocycles. The fourth-order valence-electron chi connectivity index (χ4n) is 8.28. The highest BCUT2D eigenvalue weighted by molar-refractivity contribution is 7.86. The van der Waals surface area contributed by atoms with E-state index in [4.69, 9.17) is 9.47 Å². The normalized spacial score (nSPS) is 22.9. The summed E-state index contributed by atoms with van der Waals surface area (Å²) in [6, 6.07) is 10.7. The SMILES string of the molecule is CCOC(=O)c1ccc2c(c1)C(C)(C)/C(=C\C=CC1=C(CCCCS(=O)(=O)O)c3ccc(OC(=O)CC)cc3C1(C)C)[N+]21CCCC1S(=O)(=O)O. The Morgan fingerprint density at radius 1 is 0.961 bits per heavy atom. The molecule has 0 saturated carbocycles. The third-order valence-electron chi connectivity index (χ3n) is 10.6. The Labute approximate surface area is 301 Å². The molecule has 1 spiro atoms. The lowest BCUT2D eigenvalue weighted by atomic mass is 9.80. The lowest BCUT2D eigenvalue weighted by Crippen LogP contribution is -2.55. The summed E-state index contributed by atoms with van der Waals surface area (Å²) >= 11 is 0. The van der Waals surface area contributed by atoms with Gasteiger partial charge in [0, 0.05) is 36.3 Å². The van der Waals surface area contributed by atoms with E-state index in [-0.39, 0.29) is 42.1 Å². The van der Waals surface area contributed by atoms with Crippen LogP contribution in [0.2, 0.25) is 0 Å². The maximum absolute atomic E-state index is 13.0. The molecule has 0 bridgehead atoms. The second-order valence-electron chi connectivity index (χ2n) is 14.5. The van der Waals surface area contributed by atoms with E-state index < -0.39 is 42.4 Å². The zero-order valence-corrected chi connectivity index (χ0v) is 31.7. The fourth-order valence-corrected chi connectivity index (χ4v) is 10.1. The number of esters is 2. The van der Waals surface area contributed by atoms with Gasteiger partial charge in [0.05, 0.1) is 29.9 Å². The molecule has 13 heteroatoms. The third kappa shape index (κ3) is 7.23. The molecule has 2 N–H and O–H groups in total. The quantitative estimate of drug-likeness (QED) is 0.0760. The van der Waals surface area contributed by atoms with Gasteiger partial charge >= 0.3 is 22.1 Å². The van der Waals surface area contributed by atoms with Crippen molar-refractivity contribution in [2.75, 3.05) is 18.9 Å². The lowest BCUT2D eigenvalue weighted by molar-refractivity contribution is -0.134. The van der Waals surface area contributed by atoms with Crippen LogP contribution in [0, 0.1) is 0 Å². The number of nitrogens with zero attached hydrogens (tertiary/aromatic N) is 1. The van der Waals surface area contributed by atoms with Gasteiger partial charge in [-0.15, -0.1) is 0 Å². The Bertz CT molecular complexity index is 2060. The molecule has 2 aliphatic heterocycles. The minimum atomic E-state index is -4.49. The zero-order chi connectivity index (χ0) is 37.6. The summed E-state index contributed by atoms with van der Waals surface area (Å²) in [7, 11) is -8.59. The van der Waals surface area contributed by atoms with Crippen LogP contribution in [0.15, 0.2) is 65.9 Å². The van der Waals surface area contributed by atoms with Crippen molar-refractivity contribution in [2.45, 2.75) is 96.3 Å². The highest BCUT2D eigenvalue weighted by Crippen LogP contribution is 2.57. The van der Waals surface area contributed by atoms with Crippen molar-refractivity contribution in [1.82, 2.24) is 4.48 Å². The van der Waals surface area contributed by atoms with E-state index in [1.165, 1.54) is 0 Å². The second-order valence-corrected chi connectivity index (χ2v) is 17.6. The van der Waals surface area contributed by atoms with E-state index >= 15 is 0 Å². The van der Waals surface area contributed by atoms with Crippen molar-refractivity contribution in [2.24, 2.45) is 0 Å². The van der Waals surface area contributed by atoms with Crippen LogP contribution in [0.4, 0.5) is 5.69 Å². The summed E-state index contributed by atoms with van der Waals surface area (Å²) in [5, 5.41) is -1.12. The summed E-state index contributed by atoms with van der Waals surface area (Å²) in [5.41, 5.74) is 5.15. The van der Waals surface area contributed by atoms with Gasteiger partial charge < -0.3 is 9.47 Å². The minimum Gasteiger partial charge on any atom is -0.462 e. The van der Waals surface area contributed by atoms with Crippen LogP contribution in [-0.2, 0) is 40.6 Å². The maximum Gasteiger partial charge on any atom is 0.338 e. The summed E-state index contributed by atoms with van der Waals surface area (Å²) in [6.07, 6.45) is 8.14. The first kappa shape index (κ1) is 38.6. The van der Waals surface area contributed by atoms with Gasteiger partial charge in [-0.3, -0.25) is 13.9 Å². The van der Waals surface area contributed by atoms with Gasteiger partial charge in [0.15, 0.2) is 0 Å². The first-order chi connectivity index (χ1) is 23.8. The number of benzene rings is 2. The van der Waals surface area contributed by atoms with Crippen molar-refractivity contribution >= 4 is 43.4 Å². The average Bonchev–Trinajstić information content (AvgIpc) is 3.64. The van der Waals surface area contributed by atoms with Crippen LogP contribution in [0.25, 0.3) is 5.57 Å². The standard InChI is InChI=1S/C38H47NO10S2/c1-7-35(40)49-26-18-19-28-27(13-9-10-22-50(42,43)44)29(37(3,4)30(28)24-26)14-11-15-33-38(5,6)31-23-25(36(41)48-8-2)17-20-32(31)39(33)21-12-16-34(39)51(45,46)47/h11,14-15,17-20,23-24,34H,7-10,12-13,16,21-22H2,1-6H3,(H-,42,43,44,45,46,47)/p+1/b14-11?,33-15+. The van der Waals surface area contributed by atoms with E-state index in [1.54, 1.807) is 38.1 Å². The first-order valence-electron chi connectivity index (χ1n) is 17.4. The summed E-state index contributed by atoms with van der Waals surface area (Å²) < 4.78 is 79.4. The van der Waals surface area contributed by atoms with Crippen molar-refractivity contribution in [3.63, 3.8) is 0 Å². The number of allylic oxidation sites excluding steroid dienone is 6. The molecule has 11 nitrogen and oxygen atoms in total. The molecule has 0 amide bonds. The number of quaternary nitrogens is 1. The number of rotatable bonds is 12. The number of carbonyl (C=O) groups is 2. The highest BCUT2D eigenvalue weighted by atomic mass is 32.2. The maximum atomic E-state index is 13.0. The Balaban J connectivity index is 1.63. The second kappa shape index (κ2) is 14.1. The van der Waals surface area contributed by atoms with Gasteiger partial charge in [0.1, 0.15) is 17.1 Å². The van der Waals surface area contributed by atoms with E-state index in [9.17, 15) is 35.5 Å². The number of hydrogen-bond acceptors (Lipinski definition) is 8. The predicted molar refractivity (Wildman–Crippen MR) is 196 cm³/mol. The van der Waals surface area contributed by atoms with Gasteiger partial charge in [-0.1, -0.05) is 39.0 Å². The number of ether oxygens (including phenoxy) is 2. The molecule has 2 aromatic rings. The van der Waals surface area contributed by atoms with Crippen LogP contribution in [0.3, 0.4) is 0 Å². The van der Waals surface area contributed by atoms with E-state index in [1.807, 2.05) is 44.2 Å². The number of carbonyl (C=O) groups excluding carboxylic acids is 2. The van der Waals surface area contributed by atoms with Crippen molar-refractivity contribution in [1.29, 1.82) is 0 Å². The average molecular weight is 743 g/mol. The largest absolute Gasteiger partial charge is 0.462 e.